The Balaban J connectivity index is 2.07. The van der Waals surface area contributed by atoms with E-state index in [1.54, 1.807) is 0 Å². The molecule has 0 aromatic heterocycles. The molecule has 0 aliphatic carbocycles. The van der Waals surface area contributed by atoms with Gasteiger partial charge in [0, 0.05) is 19.5 Å². The van der Waals surface area contributed by atoms with Crippen LogP contribution in [-0.2, 0) is 0 Å². The van der Waals surface area contributed by atoms with E-state index in [9.17, 15) is 0 Å². The van der Waals surface area contributed by atoms with E-state index in [2.05, 4.69) is 10.3 Å². The summed E-state index contributed by atoms with van der Waals surface area (Å²) in [6, 6.07) is 0. The second kappa shape index (κ2) is 6.82. The molecular formula is C11H22N2O. The lowest BCUT2D eigenvalue weighted by Crippen LogP contribution is -2.24. The Bertz CT molecular complexity index is 178. The summed E-state index contributed by atoms with van der Waals surface area (Å²) in [5, 5.41) is 12.4. The van der Waals surface area contributed by atoms with Crippen LogP contribution in [0.1, 0.15) is 45.4 Å². The van der Waals surface area contributed by atoms with E-state index in [1.165, 1.54) is 25.1 Å². The Morgan fingerprint density at radius 1 is 1.43 bits per heavy atom. The van der Waals surface area contributed by atoms with Crippen molar-refractivity contribution < 1.29 is 5.11 Å². The average molecular weight is 198 g/mol. The highest BCUT2D eigenvalue weighted by molar-refractivity contribution is 5.82. The Hall–Kier alpha value is -0.570. The minimum atomic E-state index is -0.173. The first-order valence-electron chi connectivity index (χ1n) is 5.74. The van der Waals surface area contributed by atoms with Crippen LogP contribution < -0.4 is 5.32 Å². The van der Waals surface area contributed by atoms with E-state index in [1.807, 2.05) is 6.92 Å². The van der Waals surface area contributed by atoms with Crippen molar-refractivity contribution in [3.8, 4) is 0 Å². The first kappa shape index (κ1) is 11.5. The van der Waals surface area contributed by atoms with E-state index in [4.69, 9.17) is 5.11 Å². The van der Waals surface area contributed by atoms with Gasteiger partial charge >= 0.3 is 0 Å². The van der Waals surface area contributed by atoms with Gasteiger partial charge in [0.15, 0.2) is 0 Å². The van der Waals surface area contributed by atoms with Crippen molar-refractivity contribution in [1.82, 2.24) is 5.32 Å². The molecule has 1 aliphatic heterocycles. The molecule has 0 saturated carbocycles. The molecule has 2 N–H and O–H groups in total. The van der Waals surface area contributed by atoms with E-state index in [0.29, 0.717) is 0 Å². The second-order valence-electron chi connectivity index (χ2n) is 4.06. The van der Waals surface area contributed by atoms with Crippen molar-refractivity contribution in [2.75, 3.05) is 13.1 Å². The summed E-state index contributed by atoms with van der Waals surface area (Å²) in [4.78, 5) is 4.48. The molecule has 1 atom stereocenters. The number of hydrogen-bond donors (Lipinski definition) is 2. The molecule has 0 fully saturated rings. The first-order valence-corrected chi connectivity index (χ1v) is 5.74. The van der Waals surface area contributed by atoms with Crippen molar-refractivity contribution in [3.63, 3.8) is 0 Å². The van der Waals surface area contributed by atoms with Crippen molar-refractivity contribution in [2.24, 2.45) is 4.99 Å². The van der Waals surface area contributed by atoms with Crippen molar-refractivity contribution >= 4 is 5.84 Å². The molecule has 0 bridgehead atoms. The molecule has 0 aromatic carbocycles. The molecule has 0 amide bonds. The monoisotopic (exact) mass is 198 g/mol. The van der Waals surface area contributed by atoms with Crippen LogP contribution in [0.4, 0.5) is 0 Å². The molecule has 3 heteroatoms. The van der Waals surface area contributed by atoms with Crippen LogP contribution in [0.15, 0.2) is 4.99 Å². The van der Waals surface area contributed by atoms with E-state index >= 15 is 0 Å². The van der Waals surface area contributed by atoms with Crippen molar-refractivity contribution in [3.05, 3.63) is 0 Å². The number of hydrogen-bond acceptors (Lipinski definition) is 3. The topological polar surface area (TPSA) is 44.6 Å². The predicted molar refractivity (Wildman–Crippen MR) is 59.7 cm³/mol. The molecule has 82 valence electrons. The van der Waals surface area contributed by atoms with E-state index in [0.717, 1.165) is 32.4 Å². The Labute approximate surface area is 86.6 Å². The maximum Gasteiger partial charge on any atom is 0.0963 e. The molecule has 1 heterocycles. The standard InChI is InChI=1S/C11H22N2O/c1-10(14)6-5-9-13-11-7-3-2-4-8-12-11/h10,14H,2-9H2,1H3,(H,12,13). The number of aliphatic imine (C=N–C) groups is 1. The molecule has 1 rings (SSSR count). The Morgan fingerprint density at radius 2 is 2.29 bits per heavy atom. The van der Waals surface area contributed by atoms with Gasteiger partial charge in [-0.25, -0.2) is 0 Å². The van der Waals surface area contributed by atoms with Gasteiger partial charge in [-0.3, -0.25) is 4.99 Å². The third-order valence-corrected chi connectivity index (χ3v) is 2.50. The van der Waals surface area contributed by atoms with Gasteiger partial charge in [-0.15, -0.1) is 0 Å². The number of amidine groups is 1. The maximum absolute atomic E-state index is 9.08. The Morgan fingerprint density at radius 3 is 3.07 bits per heavy atom. The van der Waals surface area contributed by atoms with Gasteiger partial charge in [0.25, 0.3) is 0 Å². The number of aliphatic hydroxyl groups excluding tert-OH is 1. The predicted octanol–water partition coefficient (Wildman–Crippen LogP) is 1.71. The van der Waals surface area contributed by atoms with Gasteiger partial charge in [-0.1, -0.05) is 6.42 Å². The largest absolute Gasteiger partial charge is 0.393 e. The lowest BCUT2D eigenvalue weighted by Gasteiger charge is -2.08. The summed E-state index contributed by atoms with van der Waals surface area (Å²) < 4.78 is 0. The SMILES string of the molecule is CC(O)CCCNC1=NCCCCC1. The third kappa shape index (κ3) is 5.22. The van der Waals surface area contributed by atoms with E-state index in [-0.39, 0.29) is 6.10 Å². The average Bonchev–Trinajstić information content (AvgIpc) is 2.40. The fourth-order valence-corrected chi connectivity index (χ4v) is 1.65. The van der Waals surface area contributed by atoms with Crippen LogP contribution in [-0.4, -0.2) is 30.1 Å². The first-order chi connectivity index (χ1) is 6.79. The van der Waals surface area contributed by atoms with Crippen LogP contribution in [0.2, 0.25) is 0 Å². The van der Waals surface area contributed by atoms with E-state index < -0.39 is 0 Å². The highest BCUT2D eigenvalue weighted by atomic mass is 16.3. The lowest BCUT2D eigenvalue weighted by atomic mass is 10.2. The fraction of sp³-hybridized carbons (Fsp3) is 0.909. The van der Waals surface area contributed by atoms with Crippen LogP contribution in [0.25, 0.3) is 0 Å². The molecule has 3 nitrogen and oxygen atoms in total. The number of nitrogens with zero attached hydrogens (tertiary/aromatic N) is 1. The van der Waals surface area contributed by atoms with Crippen LogP contribution in [0, 0.1) is 0 Å². The third-order valence-electron chi connectivity index (χ3n) is 2.50. The maximum atomic E-state index is 9.08. The normalized spacial score (nSPS) is 19.7. The highest BCUT2D eigenvalue weighted by Crippen LogP contribution is 2.06. The molecule has 1 unspecified atom stereocenters. The van der Waals surface area contributed by atoms with Gasteiger partial charge in [0.2, 0.25) is 0 Å². The lowest BCUT2D eigenvalue weighted by molar-refractivity contribution is 0.182. The van der Waals surface area contributed by atoms with Crippen LogP contribution in [0.3, 0.4) is 0 Å². The van der Waals surface area contributed by atoms with Crippen molar-refractivity contribution in [1.29, 1.82) is 0 Å². The second-order valence-corrected chi connectivity index (χ2v) is 4.06. The quantitative estimate of drug-likeness (QED) is 0.675. The summed E-state index contributed by atoms with van der Waals surface area (Å²) in [5.74, 6) is 1.17. The zero-order valence-corrected chi connectivity index (χ0v) is 9.13. The summed E-state index contributed by atoms with van der Waals surface area (Å²) in [5.41, 5.74) is 0. The van der Waals surface area contributed by atoms with Gasteiger partial charge < -0.3 is 10.4 Å². The van der Waals surface area contributed by atoms with Crippen LogP contribution in [0.5, 0.6) is 0 Å². The van der Waals surface area contributed by atoms with Gasteiger partial charge in [0.05, 0.1) is 11.9 Å². The molecular weight excluding hydrogens is 176 g/mol. The van der Waals surface area contributed by atoms with Gasteiger partial charge in [-0.2, -0.15) is 0 Å². The van der Waals surface area contributed by atoms with Crippen molar-refractivity contribution in [2.45, 2.75) is 51.6 Å². The zero-order valence-electron chi connectivity index (χ0n) is 9.13. The minimum absolute atomic E-state index is 0.173. The minimum Gasteiger partial charge on any atom is -0.393 e. The number of rotatable bonds is 4. The number of nitrogens with one attached hydrogen (secondary N) is 1. The number of aliphatic hydroxyl groups is 1. The fourth-order valence-electron chi connectivity index (χ4n) is 1.65. The molecule has 14 heavy (non-hydrogen) atoms. The molecule has 0 spiro atoms. The highest BCUT2D eigenvalue weighted by Gasteiger charge is 2.03. The zero-order chi connectivity index (χ0) is 10.2. The molecule has 1 aliphatic rings. The van der Waals surface area contributed by atoms with Crippen LogP contribution >= 0.6 is 0 Å². The molecule has 0 aromatic rings. The van der Waals surface area contributed by atoms with Gasteiger partial charge in [0.1, 0.15) is 0 Å². The summed E-state index contributed by atoms with van der Waals surface area (Å²) in [7, 11) is 0. The van der Waals surface area contributed by atoms with Gasteiger partial charge in [-0.05, 0) is 32.6 Å². The molecule has 0 saturated heterocycles. The summed E-state index contributed by atoms with van der Waals surface area (Å²) in [6.07, 6.45) is 6.64. The Kier molecular flexibility index (Phi) is 5.60. The smallest absolute Gasteiger partial charge is 0.0963 e. The summed E-state index contributed by atoms with van der Waals surface area (Å²) in [6.45, 7) is 3.77. The molecule has 0 radical (unpaired) electrons. The summed E-state index contributed by atoms with van der Waals surface area (Å²) >= 11 is 0.